The Hall–Kier alpha value is -2.61. The van der Waals surface area contributed by atoms with Crippen molar-refractivity contribution in [1.82, 2.24) is 15.3 Å². The molecule has 0 bridgehead atoms. The van der Waals surface area contributed by atoms with E-state index in [9.17, 15) is 4.79 Å². The largest absolute Gasteiger partial charge is 0.493 e. The average Bonchev–Trinajstić information content (AvgIpc) is 3.50. The molecule has 1 aliphatic heterocycles. The van der Waals surface area contributed by atoms with Crippen molar-refractivity contribution in [2.24, 2.45) is 0 Å². The summed E-state index contributed by atoms with van der Waals surface area (Å²) in [5.41, 5.74) is 0.762. The summed E-state index contributed by atoms with van der Waals surface area (Å²) in [6, 6.07) is 4.02. The second-order valence-electron chi connectivity index (χ2n) is 6.51. The summed E-state index contributed by atoms with van der Waals surface area (Å²) in [6.07, 6.45) is 3.15. The van der Waals surface area contributed by atoms with Crippen molar-refractivity contribution < 1.29 is 19.0 Å². The molecule has 1 atom stereocenters. The van der Waals surface area contributed by atoms with Gasteiger partial charge in [0.05, 0.1) is 32.9 Å². The molecule has 1 saturated carbocycles. The summed E-state index contributed by atoms with van der Waals surface area (Å²) in [6.45, 7) is 1.59. The number of benzene rings is 1. The van der Waals surface area contributed by atoms with E-state index < -0.39 is 6.10 Å². The second kappa shape index (κ2) is 6.95. The Bertz CT molecular complexity index is 824. The second-order valence-corrected chi connectivity index (χ2v) is 6.51. The Kier molecular flexibility index (Phi) is 4.50. The first kappa shape index (κ1) is 16.8. The van der Waals surface area contributed by atoms with E-state index in [1.165, 1.54) is 6.33 Å². The van der Waals surface area contributed by atoms with Gasteiger partial charge in [0.25, 0.3) is 5.91 Å². The van der Waals surface area contributed by atoms with E-state index in [4.69, 9.17) is 14.2 Å². The van der Waals surface area contributed by atoms with Crippen LogP contribution in [-0.4, -0.2) is 61.9 Å². The zero-order valence-corrected chi connectivity index (χ0v) is 14.9. The molecule has 1 saturated heterocycles. The van der Waals surface area contributed by atoms with Crippen LogP contribution in [0.3, 0.4) is 0 Å². The maximum Gasteiger partial charge on any atom is 0.251 e. The minimum Gasteiger partial charge on any atom is -0.493 e. The first-order valence-electron chi connectivity index (χ1n) is 8.73. The molecule has 1 amide bonds. The fourth-order valence-corrected chi connectivity index (χ4v) is 3.14. The number of morpholine rings is 1. The number of amides is 1. The third-order valence-electron chi connectivity index (χ3n) is 4.70. The highest BCUT2D eigenvalue weighted by molar-refractivity contribution is 5.92. The fourth-order valence-electron chi connectivity index (χ4n) is 3.14. The summed E-state index contributed by atoms with van der Waals surface area (Å²) in [5.74, 6) is 1.96. The van der Waals surface area contributed by atoms with Gasteiger partial charge in [-0.2, -0.15) is 0 Å². The molecule has 2 aliphatic rings. The van der Waals surface area contributed by atoms with Crippen LogP contribution in [0.1, 0.15) is 12.8 Å². The van der Waals surface area contributed by atoms with Gasteiger partial charge in [-0.25, -0.2) is 9.97 Å². The Morgan fingerprint density at radius 1 is 1.23 bits per heavy atom. The van der Waals surface area contributed by atoms with Crippen molar-refractivity contribution >= 4 is 22.6 Å². The van der Waals surface area contributed by atoms with Crippen molar-refractivity contribution in [3.63, 3.8) is 0 Å². The summed E-state index contributed by atoms with van der Waals surface area (Å²) < 4.78 is 16.4. The van der Waals surface area contributed by atoms with Gasteiger partial charge in [0.2, 0.25) is 0 Å². The maximum absolute atomic E-state index is 12.3. The number of nitrogens with one attached hydrogen (secondary N) is 1. The third-order valence-corrected chi connectivity index (χ3v) is 4.70. The molecule has 1 aliphatic carbocycles. The molecule has 26 heavy (non-hydrogen) atoms. The van der Waals surface area contributed by atoms with Gasteiger partial charge >= 0.3 is 0 Å². The zero-order valence-electron chi connectivity index (χ0n) is 14.9. The standard InChI is InChI=1S/C18H22N4O4/c1-24-14-7-12-13(8-15(14)25-2)19-10-20-17(12)22-5-6-26-16(9-22)18(23)21-11-3-4-11/h7-8,10-11,16H,3-6,9H2,1-2H3,(H,21,23). The predicted molar refractivity (Wildman–Crippen MR) is 95.8 cm³/mol. The fraction of sp³-hybridized carbons (Fsp3) is 0.500. The molecule has 8 heteroatoms. The molecular weight excluding hydrogens is 336 g/mol. The highest BCUT2D eigenvalue weighted by atomic mass is 16.5. The molecule has 2 fully saturated rings. The molecule has 1 aromatic carbocycles. The first-order valence-corrected chi connectivity index (χ1v) is 8.73. The number of nitrogens with zero attached hydrogens (tertiary/aromatic N) is 3. The summed E-state index contributed by atoms with van der Waals surface area (Å²) in [7, 11) is 3.19. The van der Waals surface area contributed by atoms with Gasteiger partial charge in [0.1, 0.15) is 12.1 Å². The van der Waals surface area contributed by atoms with Crippen LogP contribution in [0.2, 0.25) is 0 Å². The van der Waals surface area contributed by atoms with Crippen LogP contribution >= 0.6 is 0 Å². The summed E-state index contributed by atoms with van der Waals surface area (Å²) in [5, 5.41) is 3.86. The predicted octanol–water partition coefficient (Wildman–Crippen LogP) is 1.13. The minimum atomic E-state index is -0.491. The van der Waals surface area contributed by atoms with Gasteiger partial charge in [0.15, 0.2) is 17.6 Å². The summed E-state index contributed by atoms with van der Waals surface area (Å²) >= 11 is 0. The van der Waals surface area contributed by atoms with E-state index in [2.05, 4.69) is 20.2 Å². The SMILES string of the molecule is COc1cc2ncnc(N3CCOC(C(=O)NC4CC4)C3)c2cc1OC. The maximum atomic E-state index is 12.3. The van der Waals surface area contributed by atoms with Crippen molar-refractivity contribution in [3.05, 3.63) is 18.5 Å². The smallest absolute Gasteiger partial charge is 0.251 e. The monoisotopic (exact) mass is 358 g/mol. The molecule has 2 aromatic rings. The number of methoxy groups -OCH3 is 2. The van der Waals surface area contributed by atoms with E-state index in [1.54, 1.807) is 14.2 Å². The van der Waals surface area contributed by atoms with Crippen LogP contribution in [-0.2, 0) is 9.53 Å². The quantitative estimate of drug-likeness (QED) is 0.857. The van der Waals surface area contributed by atoms with E-state index in [0.29, 0.717) is 37.2 Å². The number of hydrogen-bond acceptors (Lipinski definition) is 7. The Morgan fingerprint density at radius 3 is 2.73 bits per heavy atom. The Balaban J connectivity index is 1.63. The number of anilines is 1. The third kappa shape index (κ3) is 3.24. The molecule has 2 heterocycles. The zero-order chi connectivity index (χ0) is 18.1. The van der Waals surface area contributed by atoms with Gasteiger partial charge in [-0.1, -0.05) is 0 Å². The molecule has 0 spiro atoms. The molecule has 138 valence electrons. The molecule has 1 N–H and O–H groups in total. The van der Waals surface area contributed by atoms with Gasteiger partial charge < -0.3 is 24.4 Å². The lowest BCUT2D eigenvalue weighted by atomic mass is 10.1. The van der Waals surface area contributed by atoms with Gasteiger partial charge in [-0.05, 0) is 18.9 Å². The Morgan fingerprint density at radius 2 is 2.00 bits per heavy atom. The average molecular weight is 358 g/mol. The normalized spacial score (nSPS) is 20.1. The highest BCUT2D eigenvalue weighted by Gasteiger charge is 2.32. The van der Waals surface area contributed by atoms with E-state index >= 15 is 0 Å². The first-order chi connectivity index (χ1) is 12.7. The molecular formula is C18H22N4O4. The van der Waals surface area contributed by atoms with E-state index in [-0.39, 0.29) is 5.91 Å². The topological polar surface area (TPSA) is 85.8 Å². The van der Waals surface area contributed by atoms with Crippen LogP contribution in [0.15, 0.2) is 18.5 Å². The lowest BCUT2D eigenvalue weighted by Crippen LogP contribution is -2.50. The van der Waals surface area contributed by atoms with Crippen LogP contribution in [0.5, 0.6) is 11.5 Å². The number of carbonyl (C=O) groups excluding carboxylic acids is 1. The van der Waals surface area contributed by atoms with Gasteiger partial charge in [-0.15, -0.1) is 0 Å². The van der Waals surface area contributed by atoms with Crippen molar-refractivity contribution in [1.29, 1.82) is 0 Å². The van der Waals surface area contributed by atoms with Crippen LogP contribution in [0.4, 0.5) is 5.82 Å². The number of aromatic nitrogens is 2. The van der Waals surface area contributed by atoms with Crippen molar-refractivity contribution in [3.8, 4) is 11.5 Å². The summed E-state index contributed by atoms with van der Waals surface area (Å²) in [4.78, 5) is 23.2. The molecule has 1 unspecified atom stereocenters. The van der Waals surface area contributed by atoms with Crippen LogP contribution in [0.25, 0.3) is 10.9 Å². The molecule has 4 rings (SSSR count). The minimum absolute atomic E-state index is 0.0465. The number of ether oxygens (including phenoxy) is 3. The number of carbonyl (C=O) groups is 1. The molecule has 1 aromatic heterocycles. The van der Waals surface area contributed by atoms with Crippen molar-refractivity contribution in [2.75, 3.05) is 38.8 Å². The van der Waals surface area contributed by atoms with Crippen LogP contribution < -0.4 is 19.7 Å². The molecule has 8 nitrogen and oxygen atoms in total. The van der Waals surface area contributed by atoms with Gasteiger partial charge in [-0.3, -0.25) is 4.79 Å². The highest BCUT2D eigenvalue weighted by Crippen LogP contribution is 2.35. The number of hydrogen-bond donors (Lipinski definition) is 1. The molecule has 0 radical (unpaired) electrons. The lowest BCUT2D eigenvalue weighted by molar-refractivity contribution is -0.133. The van der Waals surface area contributed by atoms with E-state index in [0.717, 1.165) is 29.6 Å². The van der Waals surface area contributed by atoms with E-state index in [1.807, 2.05) is 12.1 Å². The lowest BCUT2D eigenvalue weighted by Gasteiger charge is -2.33. The van der Waals surface area contributed by atoms with Crippen molar-refractivity contribution in [2.45, 2.75) is 25.0 Å². The number of fused-ring (bicyclic) bond motifs is 1. The number of rotatable bonds is 5. The van der Waals surface area contributed by atoms with Gasteiger partial charge in [0, 0.05) is 24.0 Å². The van der Waals surface area contributed by atoms with Crippen LogP contribution in [0, 0.1) is 0 Å². The Labute approximate surface area is 151 Å².